The maximum Gasteiger partial charge on any atom is 0.224 e. The van der Waals surface area contributed by atoms with Crippen LogP contribution >= 0.6 is 15.9 Å². The summed E-state index contributed by atoms with van der Waals surface area (Å²) in [5, 5.41) is 6.30. The van der Waals surface area contributed by atoms with Gasteiger partial charge in [-0.3, -0.25) is 0 Å². The quantitative estimate of drug-likeness (QED) is 0.827. The summed E-state index contributed by atoms with van der Waals surface area (Å²) in [6, 6.07) is 5.02. The van der Waals surface area contributed by atoms with Crippen molar-refractivity contribution in [2.24, 2.45) is 0 Å². The van der Waals surface area contributed by atoms with Crippen molar-refractivity contribution in [2.75, 3.05) is 17.2 Å². The smallest absolute Gasteiger partial charge is 0.224 e. The summed E-state index contributed by atoms with van der Waals surface area (Å²) in [6.07, 6.45) is 0.997. The zero-order chi connectivity index (χ0) is 15.4. The molecule has 0 aliphatic rings. The van der Waals surface area contributed by atoms with Crippen LogP contribution in [-0.2, 0) is 0 Å². The topological polar surface area (TPSA) is 49.8 Å². The number of hydrogen-bond acceptors (Lipinski definition) is 4. The predicted molar refractivity (Wildman–Crippen MR) is 87.7 cm³/mol. The number of anilines is 3. The summed E-state index contributed by atoms with van der Waals surface area (Å²) >= 11 is 3.18. The second-order valence-electron chi connectivity index (χ2n) is 4.85. The van der Waals surface area contributed by atoms with Crippen LogP contribution in [0.25, 0.3) is 0 Å². The number of benzene rings is 1. The van der Waals surface area contributed by atoms with Gasteiger partial charge in [0.05, 0.1) is 4.47 Å². The standard InChI is InChI=1S/C15H18BrFN4/c1-4-5-18-15-19-10(3)7-14(21-15)20-13-8-12(17)11(16)6-9(13)2/h6-8H,4-5H2,1-3H3,(H2,18,19,20,21). The Bertz CT molecular complexity index is 646. The Morgan fingerprint density at radius 1 is 1.19 bits per heavy atom. The number of hydrogen-bond donors (Lipinski definition) is 2. The molecule has 4 nitrogen and oxygen atoms in total. The third kappa shape index (κ3) is 4.14. The van der Waals surface area contributed by atoms with E-state index in [-0.39, 0.29) is 5.82 Å². The van der Waals surface area contributed by atoms with Gasteiger partial charge in [-0.15, -0.1) is 0 Å². The van der Waals surface area contributed by atoms with Gasteiger partial charge in [0.15, 0.2) is 0 Å². The largest absolute Gasteiger partial charge is 0.354 e. The maximum absolute atomic E-state index is 13.7. The molecule has 21 heavy (non-hydrogen) atoms. The molecule has 0 amide bonds. The lowest BCUT2D eigenvalue weighted by molar-refractivity contribution is 0.621. The molecule has 0 aliphatic carbocycles. The van der Waals surface area contributed by atoms with Gasteiger partial charge in [-0.2, -0.15) is 4.98 Å². The van der Waals surface area contributed by atoms with Gasteiger partial charge in [0.2, 0.25) is 5.95 Å². The number of aromatic nitrogens is 2. The van der Waals surface area contributed by atoms with Crippen LogP contribution in [0.4, 0.5) is 21.8 Å². The summed E-state index contributed by atoms with van der Waals surface area (Å²) in [7, 11) is 0. The number of nitrogens with one attached hydrogen (secondary N) is 2. The fourth-order valence-corrected chi connectivity index (χ4v) is 2.33. The first-order valence-corrected chi connectivity index (χ1v) is 7.61. The predicted octanol–water partition coefficient (Wildman–Crippen LogP) is 4.56. The zero-order valence-corrected chi connectivity index (χ0v) is 13.9. The molecule has 2 N–H and O–H groups in total. The van der Waals surface area contributed by atoms with Crippen molar-refractivity contribution < 1.29 is 4.39 Å². The molecule has 1 aromatic carbocycles. The van der Waals surface area contributed by atoms with Gasteiger partial charge in [0.25, 0.3) is 0 Å². The van der Waals surface area contributed by atoms with E-state index in [1.54, 1.807) is 6.07 Å². The normalized spacial score (nSPS) is 10.5. The molecule has 0 spiro atoms. The average molecular weight is 353 g/mol. The summed E-state index contributed by atoms with van der Waals surface area (Å²) in [6.45, 7) is 6.71. The molecule has 2 rings (SSSR count). The molecule has 1 aromatic heterocycles. The molecule has 0 saturated carbocycles. The van der Waals surface area contributed by atoms with Crippen LogP contribution in [0.15, 0.2) is 22.7 Å². The first-order chi connectivity index (χ1) is 9.99. The number of halogens is 2. The van der Waals surface area contributed by atoms with E-state index in [4.69, 9.17) is 0 Å². The number of nitrogens with zero attached hydrogens (tertiary/aromatic N) is 2. The van der Waals surface area contributed by atoms with Crippen LogP contribution in [0.5, 0.6) is 0 Å². The van der Waals surface area contributed by atoms with Gasteiger partial charge in [-0.25, -0.2) is 9.37 Å². The third-order valence-corrected chi connectivity index (χ3v) is 3.53. The summed E-state index contributed by atoms with van der Waals surface area (Å²) in [5.41, 5.74) is 2.47. The number of aryl methyl sites for hydroxylation is 2. The highest BCUT2D eigenvalue weighted by Gasteiger charge is 2.08. The zero-order valence-electron chi connectivity index (χ0n) is 12.3. The Morgan fingerprint density at radius 3 is 2.67 bits per heavy atom. The van der Waals surface area contributed by atoms with E-state index in [0.29, 0.717) is 21.9 Å². The van der Waals surface area contributed by atoms with E-state index in [1.807, 2.05) is 19.9 Å². The molecule has 0 unspecified atom stereocenters. The van der Waals surface area contributed by atoms with Crippen LogP contribution in [0.1, 0.15) is 24.6 Å². The summed E-state index contributed by atoms with van der Waals surface area (Å²) in [4.78, 5) is 8.72. The van der Waals surface area contributed by atoms with Crippen molar-refractivity contribution >= 4 is 33.4 Å². The Hall–Kier alpha value is -1.69. The lowest BCUT2D eigenvalue weighted by Crippen LogP contribution is -2.07. The Labute approximate surface area is 132 Å². The van der Waals surface area contributed by atoms with Crippen LogP contribution in [-0.4, -0.2) is 16.5 Å². The Balaban J connectivity index is 2.27. The van der Waals surface area contributed by atoms with Crippen LogP contribution in [0.2, 0.25) is 0 Å². The van der Waals surface area contributed by atoms with Gasteiger partial charge >= 0.3 is 0 Å². The Morgan fingerprint density at radius 2 is 1.95 bits per heavy atom. The van der Waals surface area contributed by atoms with Crippen molar-refractivity contribution in [1.82, 2.24) is 9.97 Å². The van der Waals surface area contributed by atoms with Gasteiger partial charge < -0.3 is 10.6 Å². The van der Waals surface area contributed by atoms with Crippen molar-refractivity contribution in [2.45, 2.75) is 27.2 Å². The molecule has 0 bridgehead atoms. The minimum absolute atomic E-state index is 0.307. The molecule has 112 valence electrons. The molecule has 1 heterocycles. The van der Waals surface area contributed by atoms with Crippen molar-refractivity contribution in [3.8, 4) is 0 Å². The van der Waals surface area contributed by atoms with Gasteiger partial charge in [-0.05, 0) is 53.9 Å². The van der Waals surface area contributed by atoms with Gasteiger partial charge in [0, 0.05) is 24.0 Å². The molecule has 2 aromatic rings. The molecule has 6 heteroatoms. The molecule has 0 atom stereocenters. The molecule has 0 radical (unpaired) electrons. The van der Waals surface area contributed by atoms with Crippen LogP contribution in [0.3, 0.4) is 0 Å². The SMILES string of the molecule is CCCNc1nc(C)cc(Nc2cc(F)c(Br)cc2C)n1. The second-order valence-corrected chi connectivity index (χ2v) is 5.71. The van der Waals surface area contributed by atoms with Gasteiger partial charge in [-0.1, -0.05) is 6.92 Å². The molecular weight excluding hydrogens is 335 g/mol. The minimum Gasteiger partial charge on any atom is -0.354 e. The number of rotatable bonds is 5. The fourth-order valence-electron chi connectivity index (χ4n) is 1.87. The second kappa shape index (κ2) is 6.85. The van der Waals surface area contributed by atoms with Gasteiger partial charge in [0.1, 0.15) is 11.6 Å². The molecule has 0 aliphatic heterocycles. The van der Waals surface area contributed by atoms with Crippen LogP contribution in [0, 0.1) is 19.7 Å². The van der Waals surface area contributed by atoms with E-state index >= 15 is 0 Å². The summed E-state index contributed by atoms with van der Waals surface area (Å²) < 4.78 is 14.1. The van der Waals surface area contributed by atoms with Crippen molar-refractivity contribution in [3.63, 3.8) is 0 Å². The van der Waals surface area contributed by atoms with E-state index < -0.39 is 0 Å². The Kier molecular flexibility index (Phi) is 5.12. The highest BCUT2D eigenvalue weighted by molar-refractivity contribution is 9.10. The highest BCUT2D eigenvalue weighted by atomic mass is 79.9. The first kappa shape index (κ1) is 15.7. The van der Waals surface area contributed by atoms with Crippen LogP contribution < -0.4 is 10.6 Å². The van der Waals surface area contributed by atoms with Crippen molar-refractivity contribution in [3.05, 3.63) is 39.7 Å². The van der Waals surface area contributed by atoms with E-state index in [0.717, 1.165) is 24.2 Å². The molecule has 0 fully saturated rings. The maximum atomic E-state index is 13.7. The van der Waals surface area contributed by atoms with E-state index in [2.05, 4.69) is 43.5 Å². The lowest BCUT2D eigenvalue weighted by Gasteiger charge is -2.12. The van der Waals surface area contributed by atoms with E-state index in [9.17, 15) is 4.39 Å². The minimum atomic E-state index is -0.307. The lowest BCUT2D eigenvalue weighted by atomic mass is 10.2. The first-order valence-electron chi connectivity index (χ1n) is 6.82. The third-order valence-electron chi connectivity index (χ3n) is 2.92. The molecular formula is C15H18BrFN4. The van der Waals surface area contributed by atoms with Crippen molar-refractivity contribution in [1.29, 1.82) is 0 Å². The molecule has 0 saturated heterocycles. The van der Waals surface area contributed by atoms with E-state index in [1.165, 1.54) is 6.07 Å². The highest BCUT2D eigenvalue weighted by Crippen LogP contribution is 2.26. The fraction of sp³-hybridized carbons (Fsp3) is 0.333. The summed E-state index contributed by atoms with van der Waals surface area (Å²) in [5.74, 6) is 0.915. The monoisotopic (exact) mass is 352 g/mol. The average Bonchev–Trinajstić information content (AvgIpc) is 2.42.